The molecule has 2 atom stereocenters. The van der Waals surface area contributed by atoms with Gasteiger partial charge in [-0.1, -0.05) is 37.8 Å². The molecule has 1 aliphatic heterocycles. The fourth-order valence-electron chi connectivity index (χ4n) is 3.59. The third kappa shape index (κ3) is 5.36. The van der Waals surface area contributed by atoms with Crippen LogP contribution >= 0.6 is 0 Å². The van der Waals surface area contributed by atoms with Crippen LogP contribution in [0, 0.1) is 23.7 Å². The van der Waals surface area contributed by atoms with Crippen molar-refractivity contribution >= 4 is 15.9 Å². The molecule has 1 aromatic rings. The van der Waals surface area contributed by atoms with E-state index in [4.69, 9.17) is 0 Å². The highest BCUT2D eigenvalue weighted by atomic mass is 32.2. The zero-order valence-electron chi connectivity index (χ0n) is 16.9. The Morgan fingerprint density at radius 3 is 2.68 bits per heavy atom. The SMILES string of the molecule is CCS(=O)(=O)N[C@@H]1CCN(C(=O)C(C)C)[C@@H]1Cc1cccc(C#CC2CC2)c1. The molecule has 1 aliphatic carbocycles. The molecule has 0 radical (unpaired) electrons. The summed E-state index contributed by atoms with van der Waals surface area (Å²) in [5.74, 6) is 7.07. The van der Waals surface area contributed by atoms with Gasteiger partial charge < -0.3 is 4.90 Å². The predicted molar refractivity (Wildman–Crippen MR) is 111 cm³/mol. The van der Waals surface area contributed by atoms with Crippen molar-refractivity contribution in [2.75, 3.05) is 12.3 Å². The minimum atomic E-state index is -3.33. The standard InChI is InChI=1S/C22H30N2O3S/c1-4-28(26,27)23-20-12-13-24(22(25)16(2)3)21(20)15-19-7-5-6-18(14-19)11-10-17-8-9-17/h5-7,14,16-17,20-21,23H,4,8-9,12-13,15H2,1-3H3/t20-,21-/m1/s1. The highest BCUT2D eigenvalue weighted by Gasteiger charge is 2.39. The molecule has 1 N–H and O–H groups in total. The van der Waals surface area contributed by atoms with E-state index in [0.717, 1.165) is 11.1 Å². The van der Waals surface area contributed by atoms with Gasteiger partial charge >= 0.3 is 0 Å². The number of sulfonamides is 1. The van der Waals surface area contributed by atoms with E-state index in [-0.39, 0.29) is 29.7 Å². The van der Waals surface area contributed by atoms with Crippen LogP contribution in [0.4, 0.5) is 0 Å². The second kappa shape index (κ2) is 8.67. The van der Waals surface area contributed by atoms with E-state index >= 15 is 0 Å². The predicted octanol–water partition coefficient (Wildman–Crippen LogP) is 2.56. The largest absolute Gasteiger partial charge is 0.337 e. The van der Waals surface area contributed by atoms with Crippen molar-refractivity contribution in [3.8, 4) is 11.8 Å². The summed E-state index contributed by atoms with van der Waals surface area (Å²) in [4.78, 5) is 14.6. The molecular weight excluding hydrogens is 372 g/mol. The van der Waals surface area contributed by atoms with Crippen LogP contribution < -0.4 is 4.72 Å². The topological polar surface area (TPSA) is 66.5 Å². The third-order valence-electron chi connectivity index (χ3n) is 5.40. The number of rotatable bonds is 6. The van der Waals surface area contributed by atoms with Gasteiger partial charge in [0.05, 0.1) is 11.8 Å². The van der Waals surface area contributed by atoms with Crippen LogP contribution in [0.3, 0.4) is 0 Å². The maximum atomic E-state index is 12.7. The zero-order chi connectivity index (χ0) is 20.3. The Morgan fingerprint density at radius 2 is 2.04 bits per heavy atom. The number of benzene rings is 1. The third-order valence-corrected chi connectivity index (χ3v) is 6.83. The molecule has 1 saturated heterocycles. The summed E-state index contributed by atoms with van der Waals surface area (Å²) >= 11 is 0. The van der Waals surface area contributed by atoms with Crippen molar-refractivity contribution in [2.24, 2.45) is 11.8 Å². The summed E-state index contributed by atoms with van der Waals surface area (Å²) < 4.78 is 27.1. The van der Waals surface area contributed by atoms with Gasteiger partial charge in [0, 0.05) is 30.0 Å². The van der Waals surface area contributed by atoms with Crippen LogP contribution in [0.5, 0.6) is 0 Å². The first-order valence-electron chi connectivity index (χ1n) is 10.2. The lowest BCUT2D eigenvalue weighted by Crippen LogP contribution is -2.49. The minimum Gasteiger partial charge on any atom is -0.337 e. The van der Waals surface area contributed by atoms with Gasteiger partial charge in [-0.15, -0.1) is 0 Å². The normalized spacial score (nSPS) is 22.2. The molecule has 2 aliphatic rings. The fourth-order valence-corrected chi connectivity index (χ4v) is 4.50. The van der Waals surface area contributed by atoms with Gasteiger partial charge in [0.1, 0.15) is 0 Å². The Morgan fingerprint density at radius 1 is 1.29 bits per heavy atom. The van der Waals surface area contributed by atoms with E-state index in [0.29, 0.717) is 25.3 Å². The molecule has 152 valence electrons. The van der Waals surface area contributed by atoms with Gasteiger partial charge in [-0.25, -0.2) is 13.1 Å². The maximum Gasteiger partial charge on any atom is 0.225 e. The Balaban J connectivity index is 1.81. The number of nitrogens with one attached hydrogen (secondary N) is 1. The van der Waals surface area contributed by atoms with Crippen molar-refractivity contribution < 1.29 is 13.2 Å². The molecule has 2 fully saturated rings. The number of likely N-dealkylation sites (tertiary alicyclic amines) is 1. The molecule has 0 bridgehead atoms. The number of hydrogen-bond acceptors (Lipinski definition) is 3. The quantitative estimate of drug-likeness (QED) is 0.744. The van der Waals surface area contributed by atoms with Crippen LogP contribution in [0.1, 0.15) is 51.2 Å². The first-order chi connectivity index (χ1) is 13.3. The monoisotopic (exact) mass is 402 g/mol. The summed E-state index contributed by atoms with van der Waals surface area (Å²) in [6, 6.07) is 7.65. The van der Waals surface area contributed by atoms with Gasteiger partial charge in [-0.05, 0) is 50.3 Å². The van der Waals surface area contributed by atoms with Gasteiger partial charge in [0.15, 0.2) is 0 Å². The van der Waals surface area contributed by atoms with Crippen molar-refractivity contribution in [1.82, 2.24) is 9.62 Å². The van der Waals surface area contributed by atoms with Crippen LogP contribution in [0.25, 0.3) is 0 Å². The zero-order valence-corrected chi connectivity index (χ0v) is 17.8. The molecule has 0 spiro atoms. The molecule has 28 heavy (non-hydrogen) atoms. The van der Waals surface area contributed by atoms with E-state index in [1.807, 2.05) is 36.9 Å². The lowest BCUT2D eigenvalue weighted by molar-refractivity contribution is -0.135. The Kier molecular flexibility index (Phi) is 6.47. The Hall–Kier alpha value is -1.84. The average Bonchev–Trinajstić information content (AvgIpc) is 3.42. The van der Waals surface area contributed by atoms with Crippen molar-refractivity contribution in [3.63, 3.8) is 0 Å². The van der Waals surface area contributed by atoms with Crippen LogP contribution in [-0.2, 0) is 21.2 Å². The molecule has 1 heterocycles. The number of hydrogen-bond donors (Lipinski definition) is 1. The van der Waals surface area contributed by atoms with E-state index in [9.17, 15) is 13.2 Å². The van der Waals surface area contributed by atoms with Crippen molar-refractivity contribution in [3.05, 3.63) is 35.4 Å². The second-order valence-electron chi connectivity index (χ2n) is 8.12. The van der Waals surface area contributed by atoms with Crippen LogP contribution in [0.15, 0.2) is 24.3 Å². The van der Waals surface area contributed by atoms with E-state index < -0.39 is 10.0 Å². The number of amides is 1. The summed E-state index contributed by atoms with van der Waals surface area (Å²) in [5, 5.41) is 0. The van der Waals surface area contributed by atoms with Gasteiger partial charge in [0.25, 0.3) is 0 Å². The molecule has 0 aromatic heterocycles. The number of nitrogens with zero attached hydrogens (tertiary/aromatic N) is 1. The summed E-state index contributed by atoms with van der Waals surface area (Å²) in [7, 11) is -3.33. The highest BCUT2D eigenvalue weighted by Crippen LogP contribution is 2.28. The van der Waals surface area contributed by atoms with Gasteiger partial charge in [-0.3, -0.25) is 4.79 Å². The lowest BCUT2D eigenvalue weighted by atomic mass is 9.98. The highest BCUT2D eigenvalue weighted by molar-refractivity contribution is 7.89. The Bertz CT molecular complexity index is 879. The van der Waals surface area contributed by atoms with Crippen LogP contribution in [-0.4, -0.2) is 43.6 Å². The molecule has 0 unspecified atom stereocenters. The first kappa shape index (κ1) is 20.9. The van der Waals surface area contributed by atoms with Gasteiger partial charge in [0.2, 0.25) is 15.9 Å². The molecule has 3 rings (SSSR count). The number of carbonyl (C=O) groups excluding carboxylic acids is 1. The van der Waals surface area contributed by atoms with Crippen molar-refractivity contribution in [2.45, 2.75) is 58.5 Å². The number of carbonyl (C=O) groups is 1. The van der Waals surface area contributed by atoms with Crippen LogP contribution in [0.2, 0.25) is 0 Å². The molecular formula is C22H30N2O3S. The van der Waals surface area contributed by atoms with Gasteiger partial charge in [-0.2, -0.15) is 0 Å². The van der Waals surface area contributed by atoms with E-state index in [1.54, 1.807) is 6.92 Å². The van der Waals surface area contributed by atoms with E-state index in [1.165, 1.54) is 12.8 Å². The average molecular weight is 403 g/mol. The fraction of sp³-hybridized carbons (Fsp3) is 0.591. The summed E-state index contributed by atoms with van der Waals surface area (Å²) in [6.07, 6.45) is 3.65. The van der Waals surface area contributed by atoms with E-state index in [2.05, 4.69) is 22.6 Å². The maximum absolute atomic E-state index is 12.7. The Labute approximate surface area is 168 Å². The molecule has 1 amide bonds. The first-order valence-corrected chi connectivity index (χ1v) is 11.8. The smallest absolute Gasteiger partial charge is 0.225 e. The minimum absolute atomic E-state index is 0.0423. The second-order valence-corrected chi connectivity index (χ2v) is 10.2. The summed E-state index contributed by atoms with van der Waals surface area (Å²) in [5.41, 5.74) is 2.06. The van der Waals surface area contributed by atoms with Crippen molar-refractivity contribution in [1.29, 1.82) is 0 Å². The molecule has 6 heteroatoms. The lowest BCUT2D eigenvalue weighted by Gasteiger charge is -2.30. The molecule has 1 saturated carbocycles. The molecule has 5 nitrogen and oxygen atoms in total. The molecule has 1 aromatic carbocycles. The summed E-state index contributed by atoms with van der Waals surface area (Å²) in [6.45, 7) is 5.99.